The number of rotatable bonds is 8. The maximum atomic E-state index is 14.8. The number of carbonyl (C=O) groups excluding carboxylic acids is 4. The number of sulfonamides is 1. The average molecular weight is 829 g/mol. The van der Waals surface area contributed by atoms with E-state index >= 15 is 0 Å². The SMILES string of the molecule is Cc1nn(C)c(C)c1NC(=O)N[C@@H]1CCCCC/C=C\C2C[C@@]2(C(=O)NS(=O)(=O)C2CC2)NC(=O)[C@@H]2C[C@@H](Oc3nc4ccccc4nc3-c3cccs3)CC2C1=O. The van der Waals surface area contributed by atoms with E-state index in [0.717, 1.165) is 23.4 Å². The molecule has 58 heavy (non-hydrogen) atoms. The molecule has 15 nitrogen and oxygen atoms in total. The molecule has 0 saturated heterocycles. The molecule has 0 spiro atoms. The van der Waals surface area contributed by atoms with Crippen molar-refractivity contribution in [3.8, 4) is 16.5 Å². The van der Waals surface area contributed by atoms with Crippen LogP contribution in [0.3, 0.4) is 0 Å². The molecule has 3 saturated carbocycles. The fourth-order valence-electron chi connectivity index (χ4n) is 8.32. The van der Waals surface area contributed by atoms with Crippen LogP contribution in [0, 0.1) is 31.6 Å². The van der Waals surface area contributed by atoms with E-state index in [4.69, 9.17) is 14.7 Å². The number of para-hydroxylation sites is 2. The molecule has 4 aliphatic rings. The quantitative estimate of drug-likeness (QED) is 0.170. The number of anilines is 1. The monoisotopic (exact) mass is 828 g/mol. The van der Waals surface area contributed by atoms with Crippen molar-refractivity contribution in [1.29, 1.82) is 0 Å². The van der Waals surface area contributed by atoms with Gasteiger partial charge in [0.15, 0.2) is 5.78 Å². The van der Waals surface area contributed by atoms with Gasteiger partial charge in [0.2, 0.25) is 21.8 Å². The summed E-state index contributed by atoms with van der Waals surface area (Å²) in [5.41, 5.74) is 2.28. The minimum atomic E-state index is -3.90. The molecule has 0 radical (unpaired) electrons. The van der Waals surface area contributed by atoms with E-state index in [1.807, 2.05) is 60.9 Å². The molecular weight excluding hydrogens is 781 g/mol. The molecule has 4 amide bonds. The summed E-state index contributed by atoms with van der Waals surface area (Å²) in [7, 11) is -2.11. The summed E-state index contributed by atoms with van der Waals surface area (Å²) < 4.78 is 36.4. The number of fused-ring (bicyclic) bond motifs is 3. The van der Waals surface area contributed by atoms with Crippen LogP contribution in [0.1, 0.15) is 75.6 Å². The first-order valence-electron chi connectivity index (χ1n) is 20.0. The first-order valence-corrected chi connectivity index (χ1v) is 22.4. The molecule has 8 rings (SSSR count). The Balaban J connectivity index is 1.11. The van der Waals surface area contributed by atoms with E-state index in [1.165, 1.54) is 11.3 Å². The first-order chi connectivity index (χ1) is 27.8. The number of urea groups is 1. The Morgan fingerprint density at radius 1 is 0.983 bits per heavy atom. The number of nitrogens with one attached hydrogen (secondary N) is 4. The number of ether oxygens (including phenoxy) is 1. The Hall–Kier alpha value is -5.16. The van der Waals surface area contributed by atoms with Gasteiger partial charge < -0.3 is 20.7 Å². The fourth-order valence-corrected chi connectivity index (χ4v) is 10.4. The third-order valence-electron chi connectivity index (χ3n) is 11.9. The zero-order valence-electron chi connectivity index (χ0n) is 32.7. The van der Waals surface area contributed by atoms with Gasteiger partial charge in [-0.3, -0.25) is 23.8 Å². The number of thiophene rings is 1. The van der Waals surface area contributed by atoms with Crippen molar-refractivity contribution in [1.82, 2.24) is 35.1 Å². The highest BCUT2D eigenvalue weighted by molar-refractivity contribution is 7.91. The number of amides is 4. The molecule has 3 aromatic heterocycles. The second-order valence-electron chi connectivity index (χ2n) is 16.0. The van der Waals surface area contributed by atoms with Crippen LogP contribution >= 0.6 is 11.3 Å². The van der Waals surface area contributed by atoms with Gasteiger partial charge in [0, 0.05) is 18.9 Å². The van der Waals surface area contributed by atoms with Gasteiger partial charge in [-0.2, -0.15) is 5.10 Å². The molecule has 1 aromatic carbocycles. The van der Waals surface area contributed by atoms with Crippen molar-refractivity contribution in [3.63, 3.8) is 0 Å². The maximum Gasteiger partial charge on any atom is 0.319 e. The third kappa shape index (κ3) is 8.10. The maximum absolute atomic E-state index is 14.8. The highest BCUT2D eigenvalue weighted by Crippen LogP contribution is 2.47. The molecule has 0 bridgehead atoms. The minimum absolute atomic E-state index is 0.103. The van der Waals surface area contributed by atoms with Crippen LogP contribution in [0.15, 0.2) is 53.9 Å². The Kier molecular flexibility index (Phi) is 10.9. The van der Waals surface area contributed by atoms with Crippen molar-refractivity contribution in [3.05, 3.63) is 65.3 Å². The normalized spacial score (nSPS) is 27.0. The number of Topliss-reactive ketones (excluding diaryl/α,β-unsaturated/α-hetero) is 1. The number of aryl methyl sites for hydroxylation is 2. The third-order valence-corrected chi connectivity index (χ3v) is 14.6. The number of nitrogens with zero attached hydrogens (tertiary/aromatic N) is 4. The molecule has 4 aromatic rings. The van der Waals surface area contributed by atoms with Crippen molar-refractivity contribution in [2.45, 2.75) is 101 Å². The summed E-state index contributed by atoms with van der Waals surface area (Å²) in [4.78, 5) is 67.4. The number of allylic oxidation sites excluding steroid dienone is 1. The van der Waals surface area contributed by atoms with E-state index in [9.17, 15) is 27.6 Å². The van der Waals surface area contributed by atoms with Gasteiger partial charge >= 0.3 is 6.03 Å². The minimum Gasteiger partial charge on any atom is -0.473 e. The highest BCUT2D eigenvalue weighted by Gasteiger charge is 2.62. The van der Waals surface area contributed by atoms with Crippen LogP contribution in [0.2, 0.25) is 0 Å². The van der Waals surface area contributed by atoms with E-state index in [2.05, 4.69) is 25.8 Å². The lowest BCUT2D eigenvalue weighted by Gasteiger charge is -2.26. The van der Waals surface area contributed by atoms with E-state index < -0.39 is 68.6 Å². The summed E-state index contributed by atoms with van der Waals surface area (Å²) in [6.07, 6.45) is 7.86. The summed E-state index contributed by atoms with van der Waals surface area (Å²) in [5.74, 6) is -3.68. The van der Waals surface area contributed by atoms with Gasteiger partial charge in [0.25, 0.3) is 5.91 Å². The molecule has 3 aliphatic carbocycles. The van der Waals surface area contributed by atoms with Crippen molar-refractivity contribution < 1.29 is 32.3 Å². The molecule has 6 atom stereocenters. The van der Waals surface area contributed by atoms with E-state index in [0.29, 0.717) is 60.2 Å². The average Bonchev–Trinajstić information content (AvgIpc) is 4.03. The molecule has 3 fully saturated rings. The van der Waals surface area contributed by atoms with Crippen LogP contribution in [0.25, 0.3) is 21.6 Å². The predicted octanol–water partition coefficient (Wildman–Crippen LogP) is 5.25. The lowest BCUT2D eigenvalue weighted by atomic mass is 9.85. The van der Waals surface area contributed by atoms with Gasteiger partial charge in [-0.15, -0.1) is 11.3 Å². The first kappa shape index (κ1) is 39.7. The Labute approximate surface area is 340 Å². The highest BCUT2D eigenvalue weighted by atomic mass is 32.2. The van der Waals surface area contributed by atoms with Crippen molar-refractivity contribution >= 4 is 61.7 Å². The molecule has 4 N–H and O–H groups in total. The van der Waals surface area contributed by atoms with Crippen LogP contribution in [0.5, 0.6) is 5.88 Å². The van der Waals surface area contributed by atoms with Gasteiger partial charge in [-0.1, -0.05) is 43.2 Å². The van der Waals surface area contributed by atoms with Crippen LogP contribution < -0.4 is 25.4 Å². The molecule has 306 valence electrons. The predicted molar refractivity (Wildman–Crippen MR) is 218 cm³/mol. The summed E-state index contributed by atoms with van der Waals surface area (Å²) in [6, 6.07) is 9.78. The lowest BCUT2D eigenvalue weighted by Crippen LogP contribution is -2.54. The van der Waals surface area contributed by atoms with E-state index in [1.54, 1.807) is 18.7 Å². The molecule has 4 heterocycles. The van der Waals surface area contributed by atoms with Crippen LogP contribution in [-0.2, 0) is 31.5 Å². The lowest BCUT2D eigenvalue weighted by molar-refractivity contribution is -0.136. The number of hydrogen-bond donors (Lipinski definition) is 4. The molecule has 17 heteroatoms. The Morgan fingerprint density at radius 3 is 2.45 bits per heavy atom. The van der Waals surface area contributed by atoms with Gasteiger partial charge in [-0.25, -0.2) is 23.2 Å². The van der Waals surface area contributed by atoms with Crippen molar-refractivity contribution in [2.75, 3.05) is 5.32 Å². The smallest absolute Gasteiger partial charge is 0.319 e. The van der Waals surface area contributed by atoms with Gasteiger partial charge in [0.1, 0.15) is 17.3 Å². The molecular formula is C41H48N8O7S2. The molecule has 2 unspecified atom stereocenters. The van der Waals surface area contributed by atoms with E-state index in [-0.39, 0.29) is 30.9 Å². The van der Waals surface area contributed by atoms with Gasteiger partial charge in [-0.05, 0) is 88.8 Å². The fraction of sp³-hybridized carbons (Fsp3) is 0.488. The topological polar surface area (TPSA) is 203 Å². The van der Waals surface area contributed by atoms with Crippen LogP contribution in [0.4, 0.5) is 10.5 Å². The zero-order chi connectivity index (χ0) is 40.8. The number of hydrogen-bond acceptors (Lipinski definition) is 11. The summed E-state index contributed by atoms with van der Waals surface area (Å²) >= 11 is 1.48. The second-order valence-corrected chi connectivity index (χ2v) is 18.9. The Morgan fingerprint density at radius 2 is 1.74 bits per heavy atom. The molecule has 1 aliphatic heterocycles. The standard InChI is InChI=1S/C41H48N8O7S2/c1-23-34(24(2)49(3)47-23)45-40(53)44-32-15-8-6-4-5-7-12-25-22-41(25,39(52)48-58(54,55)27-17-18-27)46-37(51)29-21-26(20-28(29)36(32)50)56-38-35(33-16-11-19-57-33)42-30-13-9-10-14-31(30)43-38/h7,9-14,16,19,25-29,32H,4-6,8,15,17-18,20-22H2,1-3H3,(H,46,51)(H,48,52)(H2,44,45,53)/b12-7-/t25?,26-,28?,29+,32+,41+/m0/s1. The number of aromatic nitrogens is 4. The zero-order valence-corrected chi connectivity index (χ0v) is 34.3. The van der Waals surface area contributed by atoms with Crippen LogP contribution in [-0.4, -0.2) is 74.7 Å². The number of ketones is 1. The van der Waals surface area contributed by atoms with Gasteiger partial charge in [0.05, 0.1) is 50.2 Å². The summed E-state index contributed by atoms with van der Waals surface area (Å²) in [6.45, 7) is 3.63. The second kappa shape index (κ2) is 15.9. The number of carbonyl (C=O) groups is 4. The summed E-state index contributed by atoms with van der Waals surface area (Å²) in [5, 5.41) is 14.4. The Bertz CT molecular complexity index is 2390. The van der Waals surface area contributed by atoms with Crippen molar-refractivity contribution in [2.24, 2.45) is 24.8 Å². The largest absolute Gasteiger partial charge is 0.473 e. The number of benzene rings is 1.